The highest BCUT2D eigenvalue weighted by Gasteiger charge is 2.27. The summed E-state index contributed by atoms with van der Waals surface area (Å²) in [6.07, 6.45) is 4.97. The van der Waals surface area contributed by atoms with Crippen LogP contribution < -0.4 is 14.2 Å². The molecule has 0 atom stereocenters. The Bertz CT molecular complexity index is 1060. The first-order valence-electron chi connectivity index (χ1n) is 9.92. The number of nitrogens with zero attached hydrogens (tertiary/aromatic N) is 1. The zero-order chi connectivity index (χ0) is 21.1. The van der Waals surface area contributed by atoms with Gasteiger partial charge in [0.05, 0.1) is 4.90 Å². The molecular weight excluding hydrogens is 404 g/mol. The van der Waals surface area contributed by atoms with Gasteiger partial charge in [-0.05, 0) is 61.2 Å². The van der Waals surface area contributed by atoms with Gasteiger partial charge in [-0.1, -0.05) is 18.2 Å². The summed E-state index contributed by atoms with van der Waals surface area (Å²) in [4.78, 5) is 14.6. The van der Waals surface area contributed by atoms with E-state index < -0.39 is 10.0 Å². The highest BCUT2D eigenvalue weighted by Crippen LogP contribution is 2.32. The smallest absolute Gasteiger partial charge is 0.246 e. The maximum absolute atomic E-state index is 12.6. The van der Waals surface area contributed by atoms with E-state index in [1.54, 1.807) is 35.2 Å². The fourth-order valence-electron chi connectivity index (χ4n) is 3.12. The lowest BCUT2D eigenvalue weighted by molar-refractivity contribution is -0.126. The molecule has 2 aliphatic rings. The number of likely N-dealkylation sites (N-methyl/N-ethyl adjacent to an activating group) is 1. The van der Waals surface area contributed by atoms with Gasteiger partial charge in [0.1, 0.15) is 0 Å². The molecule has 1 heterocycles. The van der Waals surface area contributed by atoms with Crippen molar-refractivity contribution < 1.29 is 22.7 Å². The molecular formula is C22H24N2O5S. The topological polar surface area (TPSA) is 84.9 Å². The van der Waals surface area contributed by atoms with E-state index in [2.05, 4.69) is 4.72 Å². The average Bonchev–Trinajstić information content (AvgIpc) is 3.42. The minimum Gasteiger partial charge on any atom is -0.454 e. The summed E-state index contributed by atoms with van der Waals surface area (Å²) in [5, 5.41) is 0. The molecule has 30 heavy (non-hydrogen) atoms. The number of ether oxygens (including phenoxy) is 2. The molecule has 0 saturated heterocycles. The van der Waals surface area contributed by atoms with Gasteiger partial charge in [-0.15, -0.1) is 0 Å². The normalized spacial score (nSPS) is 15.5. The Hall–Kier alpha value is -2.84. The lowest BCUT2D eigenvalue weighted by atomic mass is 10.1. The van der Waals surface area contributed by atoms with E-state index >= 15 is 0 Å². The van der Waals surface area contributed by atoms with Crippen LogP contribution in [0.25, 0.3) is 6.08 Å². The van der Waals surface area contributed by atoms with Crippen molar-refractivity contribution in [2.24, 2.45) is 0 Å². The van der Waals surface area contributed by atoms with Crippen molar-refractivity contribution in [2.45, 2.75) is 37.2 Å². The molecule has 2 aromatic rings. The molecule has 1 amide bonds. The summed E-state index contributed by atoms with van der Waals surface area (Å²) >= 11 is 0. The van der Waals surface area contributed by atoms with Gasteiger partial charge >= 0.3 is 0 Å². The summed E-state index contributed by atoms with van der Waals surface area (Å²) in [7, 11) is -3.47. The molecule has 0 radical (unpaired) electrons. The van der Waals surface area contributed by atoms with E-state index in [-0.39, 0.29) is 23.6 Å². The Kier molecular flexibility index (Phi) is 5.78. The molecule has 1 fully saturated rings. The second-order valence-electron chi connectivity index (χ2n) is 7.34. The van der Waals surface area contributed by atoms with Gasteiger partial charge in [0.15, 0.2) is 11.5 Å². The molecule has 158 valence electrons. The fourth-order valence-corrected chi connectivity index (χ4v) is 4.43. The quantitative estimate of drug-likeness (QED) is 0.654. The lowest BCUT2D eigenvalue weighted by Gasteiger charge is -2.19. The third-order valence-electron chi connectivity index (χ3n) is 5.01. The standard InChI is InChI=1S/C22H24N2O5S/c1-2-24(14-17-5-11-20-21(13-17)29-15-28-20)22(25)12-6-16-3-9-19(10-4-16)30(26,27)23-18-7-8-18/h3-6,9-13,18,23H,2,7-8,14-15H2,1H3/b12-6+. The maximum Gasteiger partial charge on any atom is 0.246 e. The van der Waals surface area contributed by atoms with Crippen molar-refractivity contribution in [3.63, 3.8) is 0 Å². The van der Waals surface area contributed by atoms with Crippen molar-refractivity contribution >= 4 is 22.0 Å². The van der Waals surface area contributed by atoms with Crippen LogP contribution in [0.1, 0.15) is 30.9 Å². The summed E-state index contributed by atoms with van der Waals surface area (Å²) in [6.45, 7) is 3.15. The summed E-state index contributed by atoms with van der Waals surface area (Å²) in [6, 6.07) is 12.2. The number of benzene rings is 2. The second-order valence-corrected chi connectivity index (χ2v) is 9.05. The summed E-state index contributed by atoms with van der Waals surface area (Å²) in [5.41, 5.74) is 1.72. The Morgan fingerprint density at radius 1 is 1.13 bits per heavy atom. The van der Waals surface area contributed by atoms with Crippen molar-refractivity contribution in [1.82, 2.24) is 9.62 Å². The van der Waals surface area contributed by atoms with Gasteiger partial charge < -0.3 is 14.4 Å². The van der Waals surface area contributed by atoms with E-state index in [1.807, 2.05) is 25.1 Å². The predicted molar refractivity (Wildman–Crippen MR) is 112 cm³/mol. The van der Waals surface area contributed by atoms with E-state index in [4.69, 9.17) is 9.47 Å². The van der Waals surface area contributed by atoms with Crippen LogP contribution in [0.2, 0.25) is 0 Å². The first-order valence-corrected chi connectivity index (χ1v) is 11.4. The lowest BCUT2D eigenvalue weighted by Crippen LogP contribution is -2.28. The molecule has 7 nitrogen and oxygen atoms in total. The first-order chi connectivity index (χ1) is 14.4. The van der Waals surface area contributed by atoms with Gasteiger partial charge in [0.25, 0.3) is 0 Å². The zero-order valence-corrected chi connectivity index (χ0v) is 17.5. The van der Waals surface area contributed by atoms with E-state index in [9.17, 15) is 13.2 Å². The fraction of sp³-hybridized carbons (Fsp3) is 0.318. The Balaban J connectivity index is 1.39. The average molecular weight is 429 g/mol. The molecule has 1 N–H and O–H groups in total. The summed E-state index contributed by atoms with van der Waals surface area (Å²) < 4.78 is 37.8. The molecule has 0 unspecified atom stereocenters. The van der Waals surface area contributed by atoms with Gasteiger partial charge in [0, 0.05) is 25.2 Å². The third-order valence-corrected chi connectivity index (χ3v) is 6.55. The predicted octanol–water partition coefficient (Wildman–Crippen LogP) is 2.92. The van der Waals surface area contributed by atoms with Crippen LogP contribution in [0.5, 0.6) is 11.5 Å². The minimum absolute atomic E-state index is 0.0666. The summed E-state index contributed by atoms with van der Waals surface area (Å²) in [5.74, 6) is 1.28. The van der Waals surface area contributed by atoms with Gasteiger partial charge in [-0.25, -0.2) is 13.1 Å². The molecule has 1 aliphatic carbocycles. The largest absolute Gasteiger partial charge is 0.454 e. The number of nitrogens with one attached hydrogen (secondary N) is 1. The minimum atomic E-state index is -3.47. The van der Waals surface area contributed by atoms with Crippen LogP contribution >= 0.6 is 0 Å². The monoisotopic (exact) mass is 428 g/mol. The highest BCUT2D eigenvalue weighted by molar-refractivity contribution is 7.89. The van der Waals surface area contributed by atoms with E-state index in [1.165, 1.54) is 6.08 Å². The van der Waals surface area contributed by atoms with Crippen LogP contribution in [0.3, 0.4) is 0 Å². The molecule has 0 aromatic heterocycles. The number of carbonyl (C=O) groups excluding carboxylic acids is 1. The molecule has 0 spiro atoms. The number of carbonyl (C=O) groups is 1. The number of hydrogen-bond acceptors (Lipinski definition) is 5. The van der Waals surface area contributed by atoms with Crippen molar-refractivity contribution in [2.75, 3.05) is 13.3 Å². The number of amides is 1. The SMILES string of the molecule is CCN(Cc1ccc2c(c1)OCO2)C(=O)/C=C/c1ccc(S(=O)(=O)NC2CC2)cc1. The Morgan fingerprint density at radius 3 is 2.57 bits per heavy atom. The molecule has 0 bridgehead atoms. The number of hydrogen-bond donors (Lipinski definition) is 1. The molecule has 1 aliphatic heterocycles. The zero-order valence-electron chi connectivity index (χ0n) is 16.7. The van der Waals surface area contributed by atoms with Gasteiger partial charge in [-0.2, -0.15) is 0 Å². The van der Waals surface area contributed by atoms with E-state index in [0.717, 1.165) is 24.0 Å². The number of rotatable bonds is 8. The van der Waals surface area contributed by atoms with E-state index in [0.29, 0.717) is 24.6 Å². The number of sulfonamides is 1. The third kappa shape index (κ3) is 4.83. The molecule has 1 saturated carbocycles. The van der Waals surface area contributed by atoms with Crippen molar-refractivity contribution in [1.29, 1.82) is 0 Å². The molecule has 4 rings (SSSR count). The highest BCUT2D eigenvalue weighted by atomic mass is 32.2. The van der Waals surface area contributed by atoms with Crippen molar-refractivity contribution in [3.8, 4) is 11.5 Å². The van der Waals surface area contributed by atoms with Crippen LogP contribution in [0, 0.1) is 0 Å². The van der Waals surface area contributed by atoms with Crippen LogP contribution in [-0.2, 0) is 21.4 Å². The maximum atomic E-state index is 12.6. The molecule has 8 heteroatoms. The second kappa shape index (κ2) is 8.49. The molecule has 2 aromatic carbocycles. The van der Waals surface area contributed by atoms with Gasteiger partial charge in [-0.3, -0.25) is 4.79 Å². The Morgan fingerprint density at radius 2 is 1.87 bits per heavy atom. The van der Waals surface area contributed by atoms with Crippen LogP contribution in [0.4, 0.5) is 0 Å². The van der Waals surface area contributed by atoms with Crippen LogP contribution in [-0.4, -0.2) is 38.6 Å². The van der Waals surface area contributed by atoms with Crippen LogP contribution in [0.15, 0.2) is 53.4 Å². The Labute approximate surface area is 176 Å². The number of fused-ring (bicyclic) bond motifs is 1. The first kappa shape index (κ1) is 20.4. The van der Waals surface area contributed by atoms with Crippen molar-refractivity contribution in [3.05, 3.63) is 59.7 Å². The van der Waals surface area contributed by atoms with Gasteiger partial charge in [0.2, 0.25) is 22.7 Å².